The number of ketones is 1. The molecule has 1 unspecified atom stereocenters. The predicted molar refractivity (Wildman–Crippen MR) is 140 cm³/mol. The molecule has 3 N–H and O–H groups in total. The van der Waals surface area contributed by atoms with Gasteiger partial charge in [0, 0.05) is 21.8 Å². The van der Waals surface area contributed by atoms with E-state index in [2.05, 4.69) is 20.9 Å². The number of oxazole rings is 1. The monoisotopic (exact) mass is 499 g/mol. The number of para-hydroxylation sites is 3. The number of hydrogen-bond acceptors (Lipinski definition) is 7. The minimum Gasteiger partial charge on any atom is -0.423 e. The number of amides is 1. The predicted octanol–water partition coefficient (Wildman–Crippen LogP) is 5.71. The number of carbonyl (C=O) groups excluding carboxylic acids is 2. The third-order valence-electron chi connectivity index (χ3n) is 5.76. The van der Waals surface area contributed by atoms with E-state index in [-0.39, 0.29) is 11.8 Å². The van der Waals surface area contributed by atoms with Gasteiger partial charge in [0.25, 0.3) is 5.91 Å². The molecule has 36 heavy (non-hydrogen) atoms. The van der Waals surface area contributed by atoms with E-state index in [4.69, 9.17) is 21.0 Å². The molecule has 0 spiro atoms. The maximum absolute atomic E-state index is 13.5. The zero-order valence-corrected chi connectivity index (χ0v) is 20.3. The van der Waals surface area contributed by atoms with Crippen LogP contribution in [0.4, 0.5) is 11.7 Å². The van der Waals surface area contributed by atoms with Crippen LogP contribution in [0.3, 0.4) is 0 Å². The first-order chi connectivity index (χ1) is 17.4. The van der Waals surface area contributed by atoms with Crippen LogP contribution >= 0.6 is 11.6 Å². The normalized spacial score (nSPS) is 15.3. The second-order valence-corrected chi connectivity index (χ2v) is 8.64. The quantitative estimate of drug-likeness (QED) is 0.303. The van der Waals surface area contributed by atoms with Gasteiger partial charge in [-0.3, -0.25) is 14.9 Å². The average molecular weight is 500 g/mol. The molecule has 3 aromatic carbocycles. The Balaban J connectivity index is 1.50. The van der Waals surface area contributed by atoms with Gasteiger partial charge < -0.3 is 15.1 Å². The van der Waals surface area contributed by atoms with Crippen LogP contribution in [0.2, 0.25) is 5.02 Å². The highest BCUT2D eigenvalue weighted by atomic mass is 35.5. The lowest BCUT2D eigenvalue weighted by Crippen LogP contribution is -2.37. The molecule has 1 aliphatic heterocycles. The molecule has 1 atom stereocenters. The minimum atomic E-state index is -0.726. The molecule has 1 aromatic heterocycles. The minimum absolute atomic E-state index is 0.149. The summed E-state index contributed by atoms with van der Waals surface area (Å²) in [7, 11) is 0. The summed E-state index contributed by atoms with van der Waals surface area (Å²) in [4.78, 5) is 34.8. The summed E-state index contributed by atoms with van der Waals surface area (Å²) in [5.41, 5.74) is 3.76. The van der Waals surface area contributed by atoms with Crippen LogP contribution in [0.5, 0.6) is 0 Å². The van der Waals surface area contributed by atoms with Crippen LogP contribution in [-0.4, -0.2) is 22.6 Å². The summed E-state index contributed by atoms with van der Waals surface area (Å²) in [6.07, 6.45) is 0. The lowest BCUT2D eigenvalue weighted by molar-refractivity contribution is -0.113. The first kappa shape index (κ1) is 23.3. The zero-order chi connectivity index (χ0) is 25.2. The van der Waals surface area contributed by atoms with Gasteiger partial charge in [-0.05, 0) is 44.2 Å². The molecule has 1 amide bonds. The number of nitrogens with zero attached hydrogens (tertiary/aromatic N) is 2. The molecule has 0 aliphatic carbocycles. The van der Waals surface area contributed by atoms with E-state index in [1.165, 1.54) is 6.92 Å². The summed E-state index contributed by atoms with van der Waals surface area (Å²) in [5.74, 6) is -0.197. The average Bonchev–Trinajstić information content (AvgIpc) is 3.26. The van der Waals surface area contributed by atoms with E-state index in [1.807, 2.05) is 42.5 Å². The van der Waals surface area contributed by atoms with Gasteiger partial charge >= 0.3 is 6.01 Å². The summed E-state index contributed by atoms with van der Waals surface area (Å²) < 4.78 is 5.76. The topological polar surface area (TPSA) is 109 Å². The Hall–Kier alpha value is -4.43. The number of Topliss-reactive ketones (excluding diaryl/α,β-unsaturated/α-hetero) is 1. The summed E-state index contributed by atoms with van der Waals surface area (Å²) in [5, 5.41) is 9.53. The number of allylic oxidation sites excluding steroid dienone is 1. The SMILES string of the molecule is CC(=O)c1ccccc1NC(=O)C1=C(C)NC(Nc2nc3ccccc3o2)=NC1c1ccccc1Cl. The van der Waals surface area contributed by atoms with Crippen LogP contribution in [0.15, 0.2) is 93.5 Å². The van der Waals surface area contributed by atoms with Crippen molar-refractivity contribution in [2.24, 2.45) is 4.99 Å². The van der Waals surface area contributed by atoms with E-state index in [9.17, 15) is 9.59 Å². The molecule has 0 fully saturated rings. The fourth-order valence-corrected chi connectivity index (χ4v) is 4.31. The fraction of sp³-hybridized carbons (Fsp3) is 0.111. The number of rotatable bonds is 5. The smallest absolute Gasteiger partial charge is 0.302 e. The van der Waals surface area contributed by atoms with Crippen molar-refractivity contribution >= 4 is 52.1 Å². The third kappa shape index (κ3) is 4.58. The molecule has 2 heterocycles. The van der Waals surface area contributed by atoms with Gasteiger partial charge in [-0.1, -0.05) is 54.1 Å². The highest BCUT2D eigenvalue weighted by Gasteiger charge is 2.31. The van der Waals surface area contributed by atoms with Crippen LogP contribution in [-0.2, 0) is 4.79 Å². The van der Waals surface area contributed by atoms with Crippen molar-refractivity contribution in [1.82, 2.24) is 10.3 Å². The molecule has 0 saturated carbocycles. The van der Waals surface area contributed by atoms with Gasteiger partial charge in [-0.2, -0.15) is 4.98 Å². The van der Waals surface area contributed by atoms with Crippen molar-refractivity contribution in [3.63, 3.8) is 0 Å². The molecule has 9 heteroatoms. The number of aromatic nitrogens is 1. The first-order valence-corrected chi connectivity index (χ1v) is 11.6. The molecular formula is C27H22ClN5O3. The molecule has 0 bridgehead atoms. The Bertz CT molecular complexity index is 1520. The Kier molecular flexibility index (Phi) is 6.26. The Labute approximate surface area is 212 Å². The number of halogens is 1. The highest BCUT2D eigenvalue weighted by molar-refractivity contribution is 6.31. The van der Waals surface area contributed by atoms with Crippen molar-refractivity contribution in [2.45, 2.75) is 19.9 Å². The van der Waals surface area contributed by atoms with Gasteiger partial charge in [0.1, 0.15) is 11.6 Å². The van der Waals surface area contributed by atoms with Crippen LogP contribution < -0.4 is 16.0 Å². The van der Waals surface area contributed by atoms with Crippen LogP contribution in [0.1, 0.15) is 35.8 Å². The summed E-state index contributed by atoms with van der Waals surface area (Å²) in [6, 6.07) is 21.0. The van der Waals surface area contributed by atoms with Crippen molar-refractivity contribution in [1.29, 1.82) is 0 Å². The molecule has 4 aromatic rings. The molecule has 0 saturated heterocycles. The number of carbonyl (C=O) groups is 2. The maximum Gasteiger partial charge on any atom is 0.302 e. The number of aliphatic imine (C=N–C) groups is 1. The van der Waals surface area contributed by atoms with Crippen LogP contribution in [0, 0.1) is 0 Å². The number of anilines is 2. The standard InChI is InChI=1S/C27H22ClN5O3/c1-15-23(25(35)30-20-12-6-4-9-17(20)16(2)34)24(18-10-3-5-11-19(18)28)32-26(29-15)33-27-31-21-13-7-8-14-22(21)36-27/h3-14,24H,1-2H3,(H,30,35)(H2,29,31,32,33). The van der Waals surface area contributed by atoms with Crippen LogP contribution in [0.25, 0.3) is 11.1 Å². The first-order valence-electron chi connectivity index (χ1n) is 11.2. The molecule has 180 valence electrons. The van der Waals surface area contributed by atoms with E-state index < -0.39 is 11.9 Å². The van der Waals surface area contributed by atoms with Gasteiger partial charge in [0.2, 0.25) is 5.96 Å². The van der Waals surface area contributed by atoms with E-state index >= 15 is 0 Å². The van der Waals surface area contributed by atoms with Crippen molar-refractivity contribution in [2.75, 3.05) is 10.6 Å². The van der Waals surface area contributed by atoms with Crippen molar-refractivity contribution < 1.29 is 14.0 Å². The summed E-state index contributed by atoms with van der Waals surface area (Å²) >= 11 is 6.52. The second kappa shape index (κ2) is 9.67. The Morgan fingerprint density at radius 2 is 1.72 bits per heavy atom. The van der Waals surface area contributed by atoms with Crippen molar-refractivity contribution in [3.8, 4) is 0 Å². The Morgan fingerprint density at radius 1 is 1.00 bits per heavy atom. The largest absolute Gasteiger partial charge is 0.423 e. The molecular weight excluding hydrogens is 478 g/mol. The lowest BCUT2D eigenvalue weighted by atomic mass is 9.95. The summed E-state index contributed by atoms with van der Waals surface area (Å²) in [6.45, 7) is 3.23. The highest BCUT2D eigenvalue weighted by Crippen LogP contribution is 2.35. The number of benzene rings is 3. The molecule has 1 aliphatic rings. The van der Waals surface area contributed by atoms with Crippen molar-refractivity contribution in [3.05, 3.63) is 100 Å². The third-order valence-corrected chi connectivity index (χ3v) is 6.10. The number of nitrogens with one attached hydrogen (secondary N) is 3. The van der Waals surface area contributed by atoms with Gasteiger partial charge in [0.05, 0.1) is 11.3 Å². The van der Waals surface area contributed by atoms with Gasteiger partial charge in [0.15, 0.2) is 11.4 Å². The van der Waals surface area contributed by atoms with E-state index in [1.54, 1.807) is 37.3 Å². The zero-order valence-electron chi connectivity index (χ0n) is 19.5. The molecule has 5 rings (SSSR count). The number of guanidine groups is 1. The van der Waals surface area contributed by atoms with E-state index in [0.29, 0.717) is 50.2 Å². The Morgan fingerprint density at radius 3 is 2.50 bits per heavy atom. The lowest BCUT2D eigenvalue weighted by Gasteiger charge is -2.27. The fourth-order valence-electron chi connectivity index (χ4n) is 4.07. The van der Waals surface area contributed by atoms with Gasteiger partial charge in [-0.15, -0.1) is 0 Å². The molecule has 0 radical (unpaired) electrons. The maximum atomic E-state index is 13.5. The molecule has 8 nitrogen and oxygen atoms in total. The number of fused-ring (bicyclic) bond motifs is 1. The second-order valence-electron chi connectivity index (χ2n) is 8.23. The van der Waals surface area contributed by atoms with Gasteiger partial charge in [-0.25, -0.2) is 4.99 Å². The van der Waals surface area contributed by atoms with E-state index in [0.717, 1.165) is 0 Å². The number of hydrogen-bond donors (Lipinski definition) is 3.